The van der Waals surface area contributed by atoms with Crippen LogP contribution in [-0.4, -0.2) is 25.2 Å². The van der Waals surface area contributed by atoms with E-state index in [1.54, 1.807) is 18.2 Å². The van der Waals surface area contributed by atoms with Gasteiger partial charge < -0.3 is 20.6 Å². The second-order valence-electron chi connectivity index (χ2n) is 5.76. The zero-order chi connectivity index (χ0) is 17.0. The average Bonchev–Trinajstić information content (AvgIpc) is 2.49. The maximum atomic E-state index is 12.2. The summed E-state index contributed by atoms with van der Waals surface area (Å²) in [4.78, 5) is 14.2. The summed E-state index contributed by atoms with van der Waals surface area (Å²) in [6.07, 6.45) is 0. The first-order valence-corrected chi connectivity index (χ1v) is 7.52. The van der Waals surface area contributed by atoms with Gasteiger partial charge in [-0.3, -0.25) is 0 Å². The number of rotatable bonds is 4. The van der Waals surface area contributed by atoms with Crippen LogP contribution in [-0.2, 0) is 0 Å². The van der Waals surface area contributed by atoms with Gasteiger partial charge in [-0.2, -0.15) is 0 Å². The maximum Gasteiger partial charge on any atom is 0.319 e. The molecule has 0 bridgehead atoms. The fourth-order valence-corrected chi connectivity index (χ4v) is 2.48. The zero-order valence-corrected chi connectivity index (χ0v) is 13.9. The molecule has 122 valence electrons. The van der Waals surface area contributed by atoms with E-state index in [0.717, 1.165) is 22.5 Å². The van der Waals surface area contributed by atoms with Crippen molar-refractivity contribution >= 4 is 17.4 Å². The maximum absolute atomic E-state index is 12.2. The number of hydrogen-bond acceptors (Lipinski definition) is 3. The van der Waals surface area contributed by atoms with E-state index < -0.39 is 0 Å². The molecule has 2 aromatic carbocycles. The molecule has 0 heterocycles. The summed E-state index contributed by atoms with van der Waals surface area (Å²) in [7, 11) is 3.94. The van der Waals surface area contributed by atoms with Gasteiger partial charge in [0.15, 0.2) is 0 Å². The van der Waals surface area contributed by atoms with E-state index >= 15 is 0 Å². The molecule has 0 aliphatic carbocycles. The highest BCUT2D eigenvalue weighted by molar-refractivity contribution is 5.91. The fourth-order valence-electron chi connectivity index (χ4n) is 2.48. The number of phenols is 1. The summed E-state index contributed by atoms with van der Waals surface area (Å²) in [6.45, 7) is 3.85. The Balaban J connectivity index is 2.07. The molecule has 0 fully saturated rings. The Morgan fingerprint density at radius 3 is 2.52 bits per heavy atom. The van der Waals surface area contributed by atoms with Gasteiger partial charge in [0.25, 0.3) is 0 Å². The molecule has 0 unspecified atom stereocenters. The lowest BCUT2D eigenvalue weighted by atomic mass is 10.1. The number of amides is 2. The predicted molar refractivity (Wildman–Crippen MR) is 94.2 cm³/mol. The van der Waals surface area contributed by atoms with E-state index in [-0.39, 0.29) is 17.8 Å². The van der Waals surface area contributed by atoms with Crippen LogP contribution in [0, 0.1) is 6.92 Å². The van der Waals surface area contributed by atoms with E-state index in [9.17, 15) is 9.90 Å². The first kappa shape index (κ1) is 16.7. The highest BCUT2D eigenvalue weighted by atomic mass is 16.3. The minimum atomic E-state index is -0.278. The van der Waals surface area contributed by atoms with Crippen LogP contribution in [0.15, 0.2) is 42.5 Å². The Morgan fingerprint density at radius 2 is 1.87 bits per heavy atom. The molecule has 0 radical (unpaired) electrons. The summed E-state index contributed by atoms with van der Waals surface area (Å²) in [5.74, 6) is 0.186. The lowest BCUT2D eigenvalue weighted by molar-refractivity contribution is 0.249. The molecule has 5 heteroatoms. The average molecular weight is 313 g/mol. The van der Waals surface area contributed by atoms with E-state index in [4.69, 9.17) is 0 Å². The summed E-state index contributed by atoms with van der Waals surface area (Å²) in [5.41, 5.74) is 3.69. The van der Waals surface area contributed by atoms with E-state index in [1.807, 2.05) is 57.1 Å². The second-order valence-corrected chi connectivity index (χ2v) is 5.76. The first-order valence-electron chi connectivity index (χ1n) is 7.52. The predicted octanol–water partition coefficient (Wildman–Crippen LogP) is 3.65. The third-order valence-electron chi connectivity index (χ3n) is 3.75. The number of carbonyl (C=O) groups is 1. The Labute approximate surface area is 136 Å². The quantitative estimate of drug-likeness (QED) is 0.807. The van der Waals surface area contributed by atoms with Crippen molar-refractivity contribution in [2.45, 2.75) is 19.9 Å². The van der Waals surface area contributed by atoms with E-state index in [0.29, 0.717) is 0 Å². The number of hydrogen-bond donors (Lipinski definition) is 3. The van der Waals surface area contributed by atoms with Crippen LogP contribution in [0.25, 0.3) is 0 Å². The Morgan fingerprint density at radius 1 is 1.17 bits per heavy atom. The summed E-state index contributed by atoms with van der Waals surface area (Å²) < 4.78 is 0. The van der Waals surface area contributed by atoms with Gasteiger partial charge in [0.2, 0.25) is 0 Å². The number of nitrogens with one attached hydrogen (secondary N) is 2. The number of nitrogens with zero attached hydrogens (tertiary/aromatic N) is 1. The number of urea groups is 1. The highest BCUT2D eigenvalue weighted by Crippen LogP contribution is 2.25. The van der Waals surface area contributed by atoms with Crippen LogP contribution in [0.3, 0.4) is 0 Å². The topological polar surface area (TPSA) is 64.6 Å². The van der Waals surface area contributed by atoms with Crippen LogP contribution in [0.2, 0.25) is 0 Å². The van der Waals surface area contributed by atoms with Gasteiger partial charge in [-0.05, 0) is 49.2 Å². The molecule has 0 aliphatic rings. The number of anilines is 2. The molecule has 0 saturated heterocycles. The number of aromatic hydroxyl groups is 1. The van der Waals surface area contributed by atoms with Gasteiger partial charge in [-0.15, -0.1) is 0 Å². The second kappa shape index (κ2) is 7.05. The molecule has 0 saturated carbocycles. The molecule has 2 amide bonds. The Bertz CT molecular complexity index is 698. The van der Waals surface area contributed by atoms with Crippen molar-refractivity contribution in [3.8, 4) is 5.75 Å². The van der Waals surface area contributed by atoms with Crippen molar-refractivity contribution in [2.24, 2.45) is 0 Å². The SMILES string of the molecule is Cc1c(NC(=O)N[C@@H](C)c2cccc(O)c2)cccc1N(C)C. The molecular weight excluding hydrogens is 290 g/mol. The molecule has 0 spiro atoms. The van der Waals surface area contributed by atoms with Gasteiger partial charge in [0, 0.05) is 25.5 Å². The molecule has 0 aliphatic heterocycles. The van der Waals surface area contributed by atoms with Crippen molar-refractivity contribution in [3.05, 3.63) is 53.6 Å². The minimum absolute atomic E-state index is 0.186. The van der Waals surface area contributed by atoms with Crippen molar-refractivity contribution in [1.29, 1.82) is 0 Å². The van der Waals surface area contributed by atoms with Gasteiger partial charge >= 0.3 is 6.03 Å². The van der Waals surface area contributed by atoms with Gasteiger partial charge in [-0.1, -0.05) is 18.2 Å². The van der Waals surface area contributed by atoms with Crippen LogP contribution >= 0.6 is 0 Å². The highest BCUT2D eigenvalue weighted by Gasteiger charge is 2.12. The number of phenolic OH excluding ortho intramolecular Hbond substituents is 1. The van der Waals surface area contributed by atoms with Crippen molar-refractivity contribution in [1.82, 2.24) is 5.32 Å². The lowest BCUT2D eigenvalue weighted by Gasteiger charge is -2.20. The first-order chi connectivity index (χ1) is 10.9. The summed E-state index contributed by atoms with van der Waals surface area (Å²) >= 11 is 0. The monoisotopic (exact) mass is 313 g/mol. The fraction of sp³-hybridized carbons (Fsp3) is 0.278. The molecule has 23 heavy (non-hydrogen) atoms. The smallest absolute Gasteiger partial charge is 0.319 e. The van der Waals surface area contributed by atoms with Crippen molar-refractivity contribution in [3.63, 3.8) is 0 Å². The van der Waals surface area contributed by atoms with Crippen molar-refractivity contribution in [2.75, 3.05) is 24.3 Å². The number of carbonyl (C=O) groups excluding carboxylic acids is 1. The Kier molecular flexibility index (Phi) is 5.11. The molecule has 1 atom stereocenters. The third kappa shape index (κ3) is 4.16. The number of benzene rings is 2. The van der Waals surface area contributed by atoms with Crippen LogP contribution < -0.4 is 15.5 Å². The Hall–Kier alpha value is -2.69. The zero-order valence-electron chi connectivity index (χ0n) is 13.9. The largest absolute Gasteiger partial charge is 0.508 e. The van der Waals surface area contributed by atoms with E-state index in [1.165, 1.54) is 0 Å². The van der Waals surface area contributed by atoms with Crippen molar-refractivity contribution < 1.29 is 9.90 Å². The van der Waals surface area contributed by atoms with Crippen LogP contribution in [0.1, 0.15) is 24.1 Å². The minimum Gasteiger partial charge on any atom is -0.508 e. The normalized spacial score (nSPS) is 11.7. The molecular formula is C18H23N3O2. The molecule has 2 aromatic rings. The molecule has 2 rings (SSSR count). The van der Waals surface area contributed by atoms with Crippen LogP contribution in [0.5, 0.6) is 5.75 Å². The summed E-state index contributed by atoms with van der Waals surface area (Å²) in [6, 6.07) is 12.2. The summed E-state index contributed by atoms with van der Waals surface area (Å²) in [5, 5.41) is 15.3. The van der Waals surface area contributed by atoms with Gasteiger partial charge in [0.1, 0.15) is 5.75 Å². The molecule has 3 N–H and O–H groups in total. The van der Waals surface area contributed by atoms with Gasteiger partial charge in [0.05, 0.1) is 6.04 Å². The van der Waals surface area contributed by atoms with Crippen LogP contribution in [0.4, 0.5) is 16.2 Å². The third-order valence-corrected chi connectivity index (χ3v) is 3.75. The molecule has 5 nitrogen and oxygen atoms in total. The lowest BCUT2D eigenvalue weighted by Crippen LogP contribution is -2.31. The standard InChI is InChI=1S/C18H23N3O2/c1-12-16(9-6-10-17(12)21(3)4)20-18(23)19-13(2)14-7-5-8-15(22)11-14/h5-11,13,22H,1-4H3,(H2,19,20,23)/t13-/m0/s1. The molecule has 0 aromatic heterocycles. The van der Waals surface area contributed by atoms with Gasteiger partial charge in [-0.25, -0.2) is 4.79 Å². The van der Waals surface area contributed by atoms with E-state index in [2.05, 4.69) is 10.6 Å².